The Bertz CT molecular complexity index is 641. The lowest BCUT2D eigenvalue weighted by Gasteiger charge is -2.18. The SMILES string of the molecule is Cn1c(C(=O)NCC(O)C2CCCC2)cc2ccccc21. The number of amides is 1. The number of rotatable bonds is 4. The van der Waals surface area contributed by atoms with E-state index in [1.54, 1.807) is 0 Å². The van der Waals surface area contributed by atoms with Crippen LogP contribution < -0.4 is 5.32 Å². The summed E-state index contributed by atoms with van der Waals surface area (Å²) in [5, 5.41) is 14.1. The third-order valence-electron chi connectivity index (χ3n) is 4.60. The Morgan fingerprint density at radius 3 is 2.81 bits per heavy atom. The van der Waals surface area contributed by atoms with E-state index in [1.165, 1.54) is 12.8 Å². The first-order valence-corrected chi connectivity index (χ1v) is 7.67. The van der Waals surface area contributed by atoms with Crippen LogP contribution in [-0.4, -0.2) is 28.2 Å². The first kappa shape index (κ1) is 14.1. The molecule has 1 amide bonds. The molecule has 1 aliphatic rings. The van der Waals surface area contributed by atoms with Crippen molar-refractivity contribution in [2.45, 2.75) is 31.8 Å². The van der Waals surface area contributed by atoms with E-state index in [9.17, 15) is 9.90 Å². The van der Waals surface area contributed by atoms with Crippen molar-refractivity contribution >= 4 is 16.8 Å². The summed E-state index contributed by atoms with van der Waals surface area (Å²) in [7, 11) is 1.89. The van der Waals surface area contributed by atoms with Gasteiger partial charge in [0.25, 0.3) is 5.91 Å². The summed E-state index contributed by atoms with van der Waals surface area (Å²) in [5.74, 6) is 0.225. The van der Waals surface area contributed by atoms with E-state index in [4.69, 9.17) is 0 Å². The summed E-state index contributed by atoms with van der Waals surface area (Å²) in [6.45, 7) is 0.338. The van der Waals surface area contributed by atoms with Gasteiger partial charge in [-0.3, -0.25) is 4.79 Å². The van der Waals surface area contributed by atoms with Gasteiger partial charge in [0.15, 0.2) is 0 Å². The summed E-state index contributed by atoms with van der Waals surface area (Å²) in [4.78, 5) is 12.3. The fourth-order valence-corrected chi connectivity index (χ4v) is 3.30. The van der Waals surface area contributed by atoms with Gasteiger partial charge in [-0.25, -0.2) is 0 Å². The molecule has 21 heavy (non-hydrogen) atoms. The van der Waals surface area contributed by atoms with E-state index in [-0.39, 0.29) is 5.91 Å². The second-order valence-corrected chi connectivity index (χ2v) is 5.97. The van der Waals surface area contributed by atoms with Crippen LogP contribution in [0.2, 0.25) is 0 Å². The zero-order valence-electron chi connectivity index (χ0n) is 12.4. The van der Waals surface area contributed by atoms with Crippen molar-refractivity contribution in [1.82, 2.24) is 9.88 Å². The second-order valence-electron chi connectivity index (χ2n) is 5.97. The molecule has 4 nitrogen and oxygen atoms in total. The minimum Gasteiger partial charge on any atom is -0.391 e. The average molecular weight is 286 g/mol. The number of fused-ring (bicyclic) bond motifs is 1. The van der Waals surface area contributed by atoms with Gasteiger partial charge in [-0.15, -0.1) is 0 Å². The number of carbonyl (C=O) groups is 1. The number of aliphatic hydroxyl groups is 1. The number of nitrogens with one attached hydrogen (secondary N) is 1. The van der Waals surface area contributed by atoms with Crippen molar-refractivity contribution < 1.29 is 9.90 Å². The van der Waals surface area contributed by atoms with E-state index >= 15 is 0 Å². The van der Waals surface area contributed by atoms with Crippen LogP contribution in [0.15, 0.2) is 30.3 Å². The van der Waals surface area contributed by atoms with Crippen LogP contribution >= 0.6 is 0 Å². The largest absolute Gasteiger partial charge is 0.391 e. The molecule has 0 bridgehead atoms. The average Bonchev–Trinajstić information content (AvgIpc) is 3.13. The first-order valence-electron chi connectivity index (χ1n) is 7.67. The fraction of sp³-hybridized carbons (Fsp3) is 0.471. The maximum Gasteiger partial charge on any atom is 0.268 e. The Morgan fingerprint density at radius 1 is 1.38 bits per heavy atom. The third-order valence-corrected chi connectivity index (χ3v) is 4.60. The number of nitrogens with zero attached hydrogens (tertiary/aromatic N) is 1. The van der Waals surface area contributed by atoms with Gasteiger partial charge in [-0.2, -0.15) is 0 Å². The van der Waals surface area contributed by atoms with Gasteiger partial charge in [-0.1, -0.05) is 31.0 Å². The Kier molecular flexibility index (Phi) is 3.97. The van der Waals surface area contributed by atoms with Gasteiger partial charge < -0.3 is 15.0 Å². The van der Waals surface area contributed by atoms with Crippen molar-refractivity contribution in [2.75, 3.05) is 6.54 Å². The highest BCUT2D eigenvalue weighted by atomic mass is 16.3. The molecular weight excluding hydrogens is 264 g/mol. The number of hydrogen-bond donors (Lipinski definition) is 2. The minimum absolute atomic E-state index is 0.120. The van der Waals surface area contributed by atoms with Crippen LogP contribution in [0, 0.1) is 5.92 Å². The lowest BCUT2D eigenvalue weighted by atomic mass is 10.0. The van der Waals surface area contributed by atoms with Gasteiger partial charge in [0.05, 0.1) is 6.10 Å². The number of hydrogen-bond acceptors (Lipinski definition) is 2. The van der Waals surface area contributed by atoms with Crippen molar-refractivity contribution in [3.8, 4) is 0 Å². The normalized spacial score (nSPS) is 17.2. The highest BCUT2D eigenvalue weighted by Gasteiger charge is 2.24. The molecule has 3 rings (SSSR count). The molecule has 1 aromatic carbocycles. The second kappa shape index (κ2) is 5.90. The van der Waals surface area contributed by atoms with Crippen LogP contribution in [-0.2, 0) is 7.05 Å². The maximum absolute atomic E-state index is 12.3. The predicted molar refractivity (Wildman–Crippen MR) is 83.2 cm³/mol. The van der Waals surface area contributed by atoms with E-state index in [1.807, 2.05) is 41.9 Å². The first-order chi connectivity index (χ1) is 10.2. The number of para-hydroxylation sites is 1. The molecule has 2 N–H and O–H groups in total. The highest BCUT2D eigenvalue weighted by molar-refractivity contribution is 5.98. The standard InChI is InChI=1S/C17H22N2O2/c1-19-14-9-5-4-8-13(14)10-15(19)17(21)18-11-16(20)12-6-2-3-7-12/h4-5,8-10,12,16,20H,2-3,6-7,11H2,1H3,(H,18,21). The van der Waals surface area contributed by atoms with Crippen LogP contribution in [0.4, 0.5) is 0 Å². The number of aryl methyl sites for hydroxylation is 1. The van der Waals surface area contributed by atoms with E-state index in [2.05, 4.69) is 5.32 Å². The molecule has 1 fully saturated rings. The third kappa shape index (κ3) is 2.81. The summed E-state index contributed by atoms with van der Waals surface area (Å²) in [6, 6.07) is 9.83. The molecule has 1 aromatic heterocycles. The molecule has 1 aliphatic carbocycles. The number of carbonyl (C=O) groups excluding carboxylic acids is 1. The molecule has 0 spiro atoms. The van der Waals surface area contributed by atoms with Gasteiger partial charge in [0.2, 0.25) is 0 Å². The van der Waals surface area contributed by atoms with E-state index < -0.39 is 6.10 Å². The molecule has 4 heteroatoms. The smallest absolute Gasteiger partial charge is 0.268 e. The lowest BCUT2D eigenvalue weighted by molar-refractivity contribution is 0.0834. The Labute approximate surface area is 124 Å². The van der Waals surface area contributed by atoms with Crippen molar-refractivity contribution in [1.29, 1.82) is 0 Å². The quantitative estimate of drug-likeness (QED) is 0.907. The van der Waals surface area contributed by atoms with Gasteiger partial charge in [0.1, 0.15) is 5.69 Å². The summed E-state index contributed by atoms with van der Waals surface area (Å²) >= 11 is 0. The Morgan fingerprint density at radius 2 is 2.10 bits per heavy atom. The molecule has 0 saturated heterocycles. The van der Waals surface area contributed by atoms with Gasteiger partial charge >= 0.3 is 0 Å². The summed E-state index contributed by atoms with van der Waals surface area (Å²) in [5.41, 5.74) is 1.67. The van der Waals surface area contributed by atoms with Crippen LogP contribution in [0.5, 0.6) is 0 Å². The molecule has 1 atom stereocenters. The molecule has 1 saturated carbocycles. The maximum atomic E-state index is 12.3. The fourth-order valence-electron chi connectivity index (χ4n) is 3.30. The van der Waals surface area contributed by atoms with Crippen LogP contribution in [0.1, 0.15) is 36.2 Å². The van der Waals surface area contributed by atoms with Crippen molar-refractivity contribution in [3.05, 3.63) is 36.0 Å². The zero-order valence-corrected chi connectivity index (χ0v) is 12.4. The summed E-state index contributed by atoms with van der Waals surface area (Å²) in [6.07, 6.45) is 4.11. The zero-order chi connectivity index (χ0) is 14.8. The summed E-state index contributed by atoms with van der Waals surface area (Å²) < 4.78 is 1.90. The van der Waals surface area contributed by atoms with Crippen molar-refractivity contribution in [3.63, 3.8) is 0 Å². The number of aliphatic hydroxyl groups excluding tert-OH is 1. The Hall–Kier alpha value is -1.81. The molecule has 112 valence electrons. The molecule has 2 aromatic rings. The minimum atomic E-state index is -0.425. The Balaban J connectivity index is 1.68. The van der Waals surface area contributed by atoms with Gasteiger partial charge in [0, 0.05) is 24.5 Å². The van der Waals surface area contributed by atoms with Crippen molar-refractivity contribution in [2.24, 2.45) is 13.0 Å². The molecule has 0 radical (unpaired) electrons. The van der Waals surface area contributed by atoms with Crippen LogP contribution in [0.3, 0.4) is 0 Å². The van der Waals surface area contributed by atoms with Crippen LogP contribution in [0.25, 0.3) is 10.9 Å². The molecule has 1 unspecified atom stereocenters. The predicted octanol–water partition coefficient (Wildman–Crippen LogP) is 2.46. The highest BCUT2D eigenvalue weighted by Crippen LogP contribution is 2.27. The topological polar surface area (TPSA) is 54.3 Å². The molecular formula is C17H22N2O2. The van der Waals surface area contributed by atoms with Gasteiger partial charge in [-0.05, 0) is 30.9 Å². The van der Waals surface area contributed by atoms with E-state index in [0.717, 1.165) is 23.7 Å². The lowest BCUT2D eigenvalue weighted by Crippen LogP contribution is -2.36. The number of benzene rings is 1. The molecule has 1 heterocycles. The monoisotopic (exact) mass is 286 g/mol. The van der Waals surface area contributed by atoms with E-state index in [0.29, 0.717) is 18.2 Å². The number of aromatic nitrogens is 1. The molecule has 0 aliphatic heterocycles.